The van der Waals surface area contributed by atoms with Crippen molar-refractivity contribution in [2.75, 3.05) is 0 Å². The molecule has 0 saturated heterocycles. The van der Waals surface area contributed by atoms with Crippen molar-refractivity contribution in [2.45, 2.75) is 19.5 Å². The molecule has 0 heterocycles. The maximum Gasteiger partial charge on any atom is 0.335 e. The van der Waals surface area contributed by atoms with Crippen molar-refractivity contribution < 1.29 is 9.90 Å². The second-order valence-corrected chi connectivity index (χ2v) is 5.10. The van der Waals surface area contributed by atoms with E-state index in [-0.39, 0.29) is 6.04 Å². The monoisotopic (exact) mass is 289 g/mol. The molecule has 1 unspecified atom stereocenters. The quantitative estimate of drug-likeness (QED) is 0.878. The number of carboxylic acid groups (broad SMARTS) is 1. The number of carboxylic acids is 1. The summed E-state index contributed by atoms with van der Waals surface area (Å²) < 4.78 is 0. The molecule has 0 aliphatic carbocycles. The first-order valence-corrected chi connectivity index (χ1v) is 6.75. The zero-order valence-corrected chi connectivity index (χ0v) is 11.9. The van der Waals surface area contributed by atoms with Gasteiger partial charge in [0.25, 0.3) is 0 Å². The molecule has 0 fully saturated rings. The minimum absolute atomic E-state index is 0.141. The van der Waals surface area contributed by atoms with Gasteiger partial charge in [0.2, 0.25) is 0 Å². The number of nitrogens with one attached hydrogen (secondary N) is 1. The lowest BCUT2D eigenvalue weighted by Gasteiger charge is -2.14. The molecule has 0 radical (unpaired) electrons. The number of benzene rings is 2. The van der Waals surface area contributed by atoms with Crippen LogP contribution >= 0.6 is 11.6 Å². The lowest BCUT2D eigenvalue weighted by molar-refractivity contribution is 0.0696. The standard InChI is InChI=1S/C16H16ClNO2/c1-11(13-5-3-7-15(17)9-13)18-10-12-4-2-6-14(8-12)16(19)20/h2-9,11,18H,10H2,1H3,(H,19,20). The van der Waals surface area contributed by atoms with Gasteiger partial charge in [0, 0.05) is 17.6 Å². The summed E-state index contributed by atoms with van der Waals surface area (Å²) in [5.41, 5.74) is 2.35. The number of hydrogen-bond donors (Lipinski definition) is 2. The van der Waals surface area contributed by atoms with Crippen LogP contribution in [0.25, 0.3) is 0 Å². The maximum absolute atomic E-state index is 10.9. The Morgan fingerprint density at radius 2 is 2.00 bits per heavy atom. The maximum atomic E-state index is 10.9. The summed E-state index contributed by atoms with van der Waals surface area (Å²) in [6, 6.07) is 14.8. The molecular formula is C16H16ClNO2. The van der Waals surface area contributed by atoms with Crippen LogP contribution < -0.4 is 5.32 Å². The number of carbonyl (C=O) groups is 1. The van der Waals surface area contributed by atoms with Gasteiger partial charge in [-0.25, -0.2) is 4.79 Å². The highest BCUT2D eigenvalue weighted by molar-refractivity contribution is 6.30. The van der Waals surface area contributed by atoms with Gasteiger partial charge in [-0.2, -0.15) is 0 Å². The summed E-state index contributed by atoms with van der Waals surface area (Å²) in [6.45, 7) is 2.65. The summed E-state index contributed by atoms with van der Waals surface area (Å²) in [5, 5.41) is 13.0. The van der Waals surface area contributed by atoms with Crippen molar-refractivity contribution in [1.29, 1.82) is 0 Å². The average molecular weight is 290 g/mol. The predicted molar refractivity (Wildman–Crippen MR) is 80.1 cm³/mol. The molecular weight excluding hydrogens is 274 g/mol. The fourth-order valence-electron chi connectivity index (χ4n) is 1.98. The second kappa shape index (κ2) is 6.55. The average Bonchev–Trinajstić information content (AvgIpc) is 2.45. The number of hydrogen-bond acceptors (Lipinski definition) is 2. The highest BCUT2D eigenvalue weighted by Gasteiger charge is 2.07. The molecule has 3 nitrogen and oxygen atoms in total. The summed E-state index contributed by atoms with van der Waals surface area (Å²) in [6.07, 6.45) is 0. The topological polar surface area (TPSA) is 49.3 Å². The van der Waals surface area contributed by atoms with Crippen molar-refractivity contribution >= 4 is 17.6 Å². The molecule has 2 aromatic rings. The van der Waals surface area contributed by atoms with Gasteiger partial charge in [0.15, 0.2) is 0 Å². The number of halogens is 1. The number of rotatable bonds is 5. The molecule has 0 spiro atoms. The van der Waals surface area contributed by atoms with Gasteiger partial charge in [-0.3, -0.25) is 0 Å². The van der Waals surface area contributed by atoms with Gasteiger partial charge in [0.05, 0.1) is 5.56 Å². The molecule has 20 heavy (non-hydrogen) atoms. The third kappa shape index (κ3) is 3.83. The van der Waals surface area contributed by atoms with Crippen LogP contribution in [0.4, 0.5) is 0 Å². The van der Waals surface area contributed by atoms with E-state index in [9.17, 15) is 4.79 Å². The largest absolute Gasteiger partial charge is 0.478 e. The number of aromatic carboxylic acids is 1. The Labute approximate surface area is 123 Å². The van der Waals surface area contributed by atoms with Gasteiger partial charge >= 0.3 is 5.97 Å². The Hall–Kier alpha value is -1.84. The van der Waals surface area contributed by atoms with Gasteiger partial charge < -0.3 is 10.4 Å². The van der Waals surface area contributed by atoms with Crippen LogP contribution in [0.2, 0.25) is 5.02 Å². The van der Waals surface area contributed by atoms with E-state index >= 15 is 0 Å². The van der Waals surface area contributed by atoms with Crippen LogP contribution in [-0.4, -0.2) is 11.1 Å². The Morgan fingerprint density at radius 3 is 2.70 bits per heavy atom. The molecule has 2 N–H and O–H groups in total. The van der Waals surface area contributed by atoms with E-state index in [0.717, 1.165) is 11.1 Å². The van der Waals surface area contributed by atoms with Gasteiger partial charge in [-0.05, 0) is 42.3 Å². The van der Waals surface area contributed by atoms with Crippen molar-refractivity contribution in [1.82, 2.24) is 5.32 Å². The van der Waals surface area contributed by atoms with Crippen molar-refractivity contribution in [3.05, 3.63) is 70.2 Å². The van der Waals surface area contributed by atoms with E-state index in [1.54, 1.807) is 18.2 Å². The molecule has 4 heteroatoms. The van der Waals surface area contributed by atoms with Crippen LogP contribution in [0.3, 0.4) is 0 Å². The Kier molecular flexibility index (Phi) is 4.77. The van der Waals surface area contributed by atoms with Crippen LogP contribution in [0.5, 0.6) is 0 Å². The molecule has 2 rings (SSSR count). The van der Waals surface area contributed by atoms with Crippen molar-refractivity contribution in [3.63, 3.8) is 0 Å². The van der Waals surface area contributed by atoms with Crippen LogP contribution in [0, 0.1) is 0 Å². The van der Waals surface area contributed by atoms with E-state index < -0.39 is 5.97 Å². The zero-order valence-electron chi connectivity index (χ0n) is 11.1. The van der Waals surface area contributed by atoms with Crippen LogP contribution in [-0.2, 0) is 6.54 Å². The zero-order chi connectivity index (χ0) is 14.5. The minimum Gasteiger partial charge on any atom is -0.478 e. The van der Waals surface area contributed by atoms with Crippen LogP contribution in [0.15, 0.2) is 48.5 Å². The molecule has 1 atom stereocenters. The van der Waals surface area contributed by atoms with Gasteiger partial charge in [-0.15, -0.1) is 0 Å². The van der Waals surface area contributed by atoms with E-state index in [1.807, 2.05) is 37.3 Å². The highest BCUT2D eigenvalue weighted by atomic mass is 35.5. The van der Waals surface area contributed by atoms with E-state index in [4.69, 9.17) is 16.7 Å². The molecule has 0 amide bonds. The summed E-state index contributed by atoms with van der Waals surface area (Å²) in [5.74, 6) is -0.908. The second-order valence-electron chi connectivity index (χ2n) is 4.66. The predicted octanol–water partition coefficient (Wildman–Crippen LogP) is 3.89. The summed E-state index contributed by atoms with van der Waals surface area (Å²) in [7, 11) is 0. The third-order valence-corrected chi connectivity index (χ3v) is 3.37. The van der Waals surface area contributed by atoms with E-state index in [0.29, 0.717) is 17.1 Å². The van der Waals surface area contributed by atoms with E-state index in [1.165, 1.54) is 0 Å². The van der Waals surface area contributed by atoms with Crippen molar-refractivity contribution in [3.8, 4) is 0 Å². The Morgan fingerprint density at radius 1 is 1.25 bits per heavy atom. The van der Waals surface area contributed by atoms with Gasteiger partial charge in [0.1, 0.15) is 0 Å². The molecule has 0 aromatic heterocycles. The fraction of sp³-hybridized carbons (Fsp3) is 0.188. The lowest BCUT2D eigenvalue weighted by Crippen LogP contribution is -2.18. The minimum atomic E-state index is -0.908. The molecule has 0 saturated carbocycles. The SMILES string of the molecule is CC(NCc1cccc(C(=O)O)c1)c1cccc(Cl)c1. The summed E-state index contributed by atoms with van der Waals surface area (Å²) >= 11 is 5.97. The Bertz CT molecular complexity index is 613. The first-order chi connectivity index (χ1) is 9.56. The highest BCUT2D eigenvalue weighted by Crippen LogP contribution is 2.18. The lowest BCUT2D eigenvalue weighted by atomic mass is 10.1. The smallest absolute Gasteiger partial charge is 0.335 e. The first kappa shape index (κ1) is 14.6. The molecule has 0 bridgehead atoms. The van der Waals surface area contributed by atoms with E-state index in [2.05, 4.69) is 5.32 Å². The molecule has 104 valence electrons. The molecule has 0 aliphatic heterocycles. The normalized spacial score (nSPS) is 12.1. The third-order valence-electron chi connectivity index (χ3n) is 3.13. The van der Waals surface area contributed by atoms with Crippen LogP contribution in [0.1, 0.15) is 34.5 Å². The van der Waals surface area contributed by atoms with Gasteiger partial charge in [-0.1, -0.05) is 35.9 Å². The van der Waals surface area contributed by atoms with Crippen molar-refractivity contribution in [2.24, 2.45) is 0 Å². The molecule has 0 aliphatic rings. The fourth-order valence-corrected chi connectivity index (χ4v) is 2.18. The Balaban J connectivity index is 2.01. The molecule has 2 aromatic carbocycles. The summed E-state index contributed by atoms with van der Waals surface area (Å²) in [4.78, 5) is 10.9. The first-order valence-electron chi connectivity index (χ1n) is 6.37.